The van der Waals surface area contributed by atoms with Crippen molar-refractivity contribution in [2.24, 2.45) is 0 Å². The summed E-state index contributed by atoms with van der Waals surface area (Å²) >= 11 is 11.4. The Balaban J connectivity index is 4.35. The Morgan fingerprint density at radius 1 is 0.913 bits per heavy atom. The fourth-order valence-corrected chi connectivity index (χ4v) is 2.86. The van der Waals surface area contributed by atoms with Crippen molar-refractivity contribution in [2.75, 3.05) is 66.2 Å². The molecule has 0 aromatic carbocycles. The first kappa shape index (κ1) is 23.4. The second kappa shape index (κ2) is 10.4. The van der Waals surface area contributed by atoms with Gasteiger partial charge in [-0.2, -0.15) is 0 Å². The number of hydrogen-bond acceptors (Lipinski definition) is 3. The van der Waals surface area contributed by atoms with Crippen LogP contribution in [0.15, 0.2) is 0 Å². The van der Waals surface area contributed by atoms with E-state index < -0.39 is 12.2 Å². The minimum Gasteiger partial charge on any atom is -0.386 e. The molecule has 0 bridgehead atoms. The fourth-order valence-electron chi connectivity index (χ4n) is 2.66. The van der Waals surface area contributed by atoms with Crippen molar-refractivity contribution >= 4 is 23.2 Å². The highest BCUT2D eigenvalue weighted by molar-refractivity contribution is 6.18. The third-order valence-corrected chi connectivity index (χ3v) is 5.31. The highest BCUT2D eigenvalue weighted by Crippen LogP contribution is 2.15. The number of halogens is 2. The lowest BCUT2D eigenvalue weighted by molar-refractivity contribution is -0.919. The lowest BCUT2D eigenvalue weighted by Crippen LogP contribution is -2.56. The van der Waals surface area contributed by atoms with Crippen LogP contribution >= 0.6 is 23.2 Å². The third-order valence-electron chi connectivity index (χ3n) is 4.60. The molecule has 0 saturated heterocycles. The van der Waals surface area contributed by atoms with Gasteiger partial charge in [0.25, 0.3) is 0 Å². The van der Waals surface area contributed by atoms with Crippen molar-refractivity contribution in [2.45, 2.75) is 38.2 Å². The van der Waals surface area contributed by atoms with E-state index in [0.717, 1.165) is 6.54 Å². The maximum Gasteiger partial charge on any atom is 0.116 e. The molecule has 0 rings (SSSR count). The predicted octanol–water partition coefficient (Wildman–Crippen LogP) is 1.13. The molecule has 0 amide bonds. The van der Waals surface area contributed by atoms with Gasteiger partial charge in [-0.25, -0.2) is 0 Å². The highest BCUT2D eigenvalue weighted by Gasteiger charge is 2.32. The van der Waals surface area contributed by atoms with E-state index in [0.29, 0.717) is 28.7 Å². The normalized spacial score (nSPS) is 18.5. The summed E-state index contributed by atoms with van der Waals surface area (Å²) in [6, 6.07) is 0.233. The van der Waals surface area contributed by atoms with Crippen molar-refractivity contribution in [3.05, 3.63) is 0 Å². The topological polar surface area (TPSA) is 49.7 Å². The number of alkyl halides is 2. The van der Waals surface area contributed by atoms with Crippen LogP contribution < -0.4 is 0 Å². The van der Waals surface area contributed by atoms with Crippen LogP contribution in [0.5, 0.6) is 0 Å². The molecule has 0 fully saturated rings. The van der Waals surface area contributed by atoms with Gasteiger partial charge in [0.15, 0.2) is 0 Å². The van der Waals surface area contributed by atoms with Gasteiger partial charge in [0.2, 0.25) is 0 Å². The van der Waals surface area contributed by atoms with Crippen LogP contribution in [0.3, 0.4) is 0 Å². The molecule has 7 heteroatoms. The summed E-state index contributed by atoms with van der Waals surface area (Å²) in [5.74, 6) is 0.503. The van der Waals surface area contributed by atoms with Crippen molar-refractivity contribution in [1.82, 2.24) is 0 Å². The van der Waals surface area contributed by atoms with Crippen LogP contribution in [0.4, 0.5) is 0 Å². The number of hydrogen-bond donors (Lipinski definition) is 2. The first-order chi connectivity index (χ1) is 10.4. The Labute approximate surface area is 151 Å². The van der Waals surface area contributed by atoms with E-state index in [4.69, 9.17) is 27.9 Å². The van der Waals surface area contributed by atoms with E-state index in [1.165, 1.54) is 0 Å². The average molecular weight is 375 g/mol. The zero-order valence-electron chi connectivity index (χ0n) is 15.5. The fraction of sp³-hybridized carbons (Fsp3) is 1.00. The monoisotopic (exact) mass is 374 g/mol. The maximum atomic E-state index is 9.79. The van der Waals surface area contributed by atoms with Gasteiger partial charge in [0, 0.05) is 0 Å². The quantitative estimate of drug-likeness (QED) is 0.397. The van der Waals surface area contributed by atoms with Gasteiger partial charge >= 0.3 is 0 Å². The Morgan fingerprint density at radius 2 is 1.39 bits per heavy atom. The smallest absolute Gasteiger partial charge is 0.116 e. The summed E-state index contributed by atoms with van der Waals surface area (Å²) in [7, 11) is 8.28. The van der Waals surface area contributed by atoms with Crippen molar-refractivity contribution < 1.29 is 23.9 Å². The number of rotatable bonds is 12. The van der Waals surface area contributed by atoms with E-state index in [-0.39, 0.29) is 23.9 Å². The Hall–Kier alpha value is 0.380. The minimum absolute atomic E-state index is 0.0606. The van der Waals surface area contributed by atoms with Crippen LogP contribution in [0.25, 0.3) is 0 Å². The molecule has 4 unspecified atom stereocenters. The Bertz CT molecular complexity index is 330. The summed E-state index contributed by atoms with van der Waals surface area (Å²) in [4.78, 5) is 0. The summed E-state index contributed by atoms with van der Waals surface area (Å²) in [6.07, 6.45) is -0.935. The van der Waals surface area contributed by atoms with E-state index in [1.54, 1.807) is 0 Å². The van der Waals surface area contributed by atoms with Crippen LogP contribution in [0, 0.1) is 0 Å². The molecular formula is C16H36Cl2N2O3+2. The largest absolute Gasteiger partial charge is 0.386 e. The molecule has 0 aliphatic rings. The molecule has 5 nitrogen and oxygen atoms in total. The minimum atomic E-state index is -0.506. The number of aliphatic hydroxyl groups excluding tert-OH is 2. The Morgan fingerprint density at radius 3 is 1.87 bits per heavy atom. The number of ether oxygens (including phenoxy) is 1. The molecule has 140 valence electrons. The second-order valence-electron chi connectivity index (χ2n) is 7.74. The van der Waals surface area contributed by atoms with Gasteiger partial charge in [-0.05, 0) is 13.8 Å². The lowest BCUT2D eigenvalue weighted by Gasteiger charge is -2.40. The van der Waals surface area contributed by atoms with Crippen LogP contribution in [0.2, 0.25) is 0 Å². The summed E-state index contributed by atoms with van der Waals surface area (Å²) in [5.41, 5.74) is 0. The lowest BCUT2D eigenvalue weighted by atomic mass is 10.1. The van der Waals surface area contributed by atoms with Crippen LogP contribution in [0.1, 0.15) is 13.8 Å². The summed E-state index contributed by atoms with van der Waals surface area (Å²) < 4.78 is 7.31. The van der Waals surface area contributed by atoms with Crippen LogP contribution in [-0.2, 0) is 4.74 Å². The average Bonchev–Trinajstić information content (AvgIpc) is 2.44. The zero-order chi connectivity index (χ0) is 18.3. The second-order valence-corrected chi connectivity index (χ2v) is 8.35. The molecule has 2 N–H and O–H groups in total. The van der Waals surface area contributed by atoms with E-state index in [2.05, 4.69) is 42.0 Å². The van der Waals surface area contributed by atoms with Gasteiger partial charge in [0.1, 0.15) is 44.0 Å². The molecule has 4 atom stereocenters. The van der Waals surface area contributed by atoms with Crippen molar-refractivity contribution in [1.29, 1.82) is 0 Å². The molecule has 0 aromatic rings. The molecule has 0 aliphatic heterocycles. The molecule has 0 spiro atoms. The number of nitrogens with zero attached hydrogens (tertiary/aromatic N) is 2. The van der Waals surface area contributed by atoms with E-state index >= 15 is 0 Å². The van der Waals surface area contributed by atoms with Gasteiger partial charge in [-0.3, -0.25) is 0 Å². The van der Waals surface area contributed by atoms with E-state index in [9.17, 15) is 10.2 Å². The zero-order valence-corrected chi connectivity index (χ0v) is 17.0. The van der Waals surface area contributed by atoms with Gasteiger partial charge < -0.3 is 23.9 Å². The SMILES string of the molecule is CC(OCC[N+](C)(C)CC(O)CCl)C(C)[N+](C)(C)CC(O)CCl. The standard InChI is InChI=1S/C16H36Cl2N2O3/c1-13(20(5,6)12-16(22)10-18)14(2)23-8-7-19(3,4)11-15(21)9-17/h13-16,21-22H,7-12H2,1-6H3/q+2. The molecule has 0 saturated carbocycles. The first-order valence-corrected chi connectivity index (χ1v) is 9.26. The van der Waals surface area contributed by atoms with Gasteiger partial charge in [-0.15, -0.1) is 23.2 Å². The maximum absolute atomic E-state index is 9.79. The van der Waals surface area contributed by atoms with Crippen molar-refractivity contribution in [3.63, 3.8) is 0 Å². The molecule has 0 heterocycles. The Kier molecular flexibility index (Phi) is 10.6. The molecule has 23 heavy (non-hydrogen) atoms. The predicted molar refractivity (Wildman–Crippen MR) is 97.1 cm³/mol. The number of likely N-dealkylation sites (N-methyl/N-ethyl adjacent to an activating group) is 2. The molecule has 0 aromatic heterocycles. The van der Waals surface area contributed by atoms with E-state index in [1.807, 2.05) is 0 Å². The third kappa shape index (κ3) is 9.44. The van der Waals surface area contributed by atoms with Crippen molar-refractivity contribution in [3.8, 4) is 0 Å². The molecule has 0 radical (unpaired) electrons. The molecular weight excluding hydrogens is 339 g/mol. The molecule has 0 aliphatic carbocycles. The van der Waals surface area contributed by atoms with Gasteiger partial charge in [-0.1, -0.05) is 0 Å². The first-order valence-electron chi connectivity index (χ1n) is 8.19. The number of quaternary nitrogens is 2. The highest BCUT2D eigenvalue weighted by atomic mass is 35.5. The van der Waals surface area contributed by atoms with Crippen LogP contribution in [-0.4, -0.2) is 110 Å². The van der Waals surface area contributed by atoms with Gasteiger partial charge in [0.05, 0.1) is 46.6 Å². The number of aliphatic hydroxyl groups is 2. The summed E-state index contributed by atoms with van der Waals surface area (Å²) in [5, 5.41) is 19.5. The summed E-state index contributed by atoms with van der Waals surface area (Å²) in [6.45, 7) is 6.82.